The first-order valence-electron chi connectivity index (χ1n) is 5.03. The quantitative estimate of drug-likeness (QED) is 0.485. The fraction of sp³-hybridized carbons (Fsp3) is 0.111. The number of aromatic nitrogens is 4. The first kappa shape index (κ1) is 14.4. The lowest BCUT2D eigenvalue weighted by Gasteiger charge is -2.05. The fourth-order valence-electron chi connectivity index (χ4n) is 1.26. The third-order valence-corrected chi connectivity index (χ3v) is 3.62. The van der Waals surface area contributed by atoms with E-state index in [-0.39, 0.29) is 15.9 Å². The van der Waals surface area contributed by atoms with E-state index in [0.29, 0.717) is 4.47 Å². The predicted molar refractivity (Wildman–Crippen MR) is 72.8 cm³/mol. The summed E-state index contributed by atoms with van der Waals surface area (Å²) in [6, 6.07) is 1.29. The number of halogens is 1. The number of nitro groups is 1. The van der Waals surface area contributed by atoms with Gasteiger partial charge in [-0.2, -0.15) is 4.98 Å². The Morgan fingerprint density at radius 2 is 2.20 bits per heavy atom. The van der Waals surface area contributed by atoms with Crippen LogP contribution in [-0.2, 0) is 7.05 Å². The molecule has 0 amide bonds. The molecule has 0 bridgehead atoms. The summed E-state index contributed by atoms with van der Waals surface area (Å²) in [5, 5.41) is 13.4. The standard InChI is InChI=1S/C9H6BrN5O4S/c1-14-9(12-6(16)7(17)13-14)20-8-5(15(18)19)2-4(10)3-11-8/h2-3H,1H3,(H,13,17). The van der Waals surface area contributed by atoms with Gasteiger partial charge in [0.15, 0.2) is 10.2 Å². The van der Waals surface area contributed by atoms with Crippen LogP contribution in [0.3, 0.4) is 0 Å². The van der Waals surface area contributed by atoms with Crippen LogP contribution in [0.15, 0.2) is 36.5 Å². The molecule has 0 spiro atoms. The largest absolute Gasteiger partial charge is 0.339 e. The normalized spacial score (nSPS) is 10.5. The number of rotatable bonds is 3. The highest BCUT2D eigenvalue weighted by atomic mass is 79.9. The average Bonchev–Trinajstić information content (AvgIpc) is 2.37. The molecule has 1 N–H and O–H groups in total. The maximum atomic E-state index is 11.2. The highest BCUT2D eigenvalue weighted by Gasteiger charge is 2.19. The predicted octanol–water partition coefficient (Wildman–Crippen LogP) is 0.685. The first-order valence-corrected chi connectivity index (χ1v) is 6.64. The van der Waals surface area contributed by atoms with E-state index in [9.17, 15) is 19.7 Å². The Morgan fingerprint density at radius 1 is 1.50 bits per heavy atom. The fourth-order valence-corrected chi connectivity index (χ4v) is 2.41. The molecule has 2 aromatic heterocycles. The van der Waals surface area contributed by atoms with E-state index in [1.807, 2.05) is 0 Å². The Hall–Kier alpha value is -2.01. The number of aryl methyl sites for hydroxylation is 1. The molecule has 20 heavy (non-hydrogen) atoms. The summed E-state index contributed by atoms with van der Waals surface area (Å²) in [6.45, 7) is 0. The number of hydrogen-bond acceptors (Lipinski definition) is 7. The second kappa shape index (κ2) is 5.54. The van der Waals surface area contributed by atoms with Crippen LogP contribution in [0.1, 0.15) is 0 Å². The molecule has 2 heterocycles. The van der Waals surface area contributed by atoms with Crippen LogP contribution in [0.2, 0.25) is 0 Å². The van der Waals surface area contributed by atoms with Crippen LogP contribution in [0.4, 0.5) is 5.69 Å². The molecular formula is C9H6BrN5O4S. The summed E-state index contributed by atoms with van der Waals surface area (Å²) in [4.78, 5) is 40.1. The van der Waals surface area contributed by atoms with Gasteiger partial charge in [0, 0.05) is 23.8 Å². The van der Waals surface area contributed by atoms with Crippen molar-refractivity contribution in [1.82, 2.24) is 19.7 Å². The number of nitrogens with one attached hydrogen (secondary N) is 1. The molecule has 104 valence electrons. The zero-order valence-corrected chi connectivity index (χ0v) is 12.3. The average molecular weight is 360 g/mol. The molecule has 0 unspecified atom stereocenters. The lowest BCUT2D eigenvalue weighted by molar-refractivity contribution is -0.388. The molecular weight excluding hydrogens is 354 g/mol. The van der Waals surface area contributed by atoms with Crippen molar-refractivity contribution in [3.05, 3.63) is 47.6 Å². The van der Waals surface area contributed by atoms with E-state index in [1.54, 1.807) is 0 Å². The van der Waals surface area contributed by atoms with Crippen LogP contribution < -0.4 is 11.1 Å². The van der Waals surface area contributed by atoms with Gasteiger partial charge < -0.3 is 0 Å². The monoisotopic (exact) mass is 359 g/mol. The summed E-state index contributed by atoms with van der Waals surface area (Å²) in [5.74, 6) is 0. The van der Waals surface area contributed by atoms with Gasteiger partial charge in [0.2, 0.25) is 0 Å². The van der Waals surface area contributed by atoms with Crippen molar-refractivity contribution in [2.45, 2.75) is 10.2 Å². The van der Waals surface area contributed by atoms with Crippen molar-refractivity contribution in [3.63, 3.8) is 0 Å². The van der Waals surface area contributed by atoms with Crippen molar-refractivity contribution >= 4 is 33.4 Å². The van der Waals surface area contributed by atoms with E-state index in [0.717, 1.165) is 11.8 Å². The number of hydrogen-bond donors (Lipinski definition) is 1. The van der Waals surface area contributed by atoms with E-state index >= 15 is 0 Å². The molecule has 0 atom stereocenters. The van der Waals surface area contributed by atoms with Crippen LogP contribution in [0, 0.1) is 10.1 Å². The molecule has 0 fully saturated rings. The summed E-state index contributed by atoms with van der Waals surface area (Å²) < 4.78 is 1.65. The Labute approximate surface area is 123 Å². The third-order valence-electron chi connectivity index (χ3n) is 2.13. The van der Waals surface area contributed by atoms with Crippen LogP contribution in [0.5, 0.6) is 0 Å². The molecule has 11 heteroatoms. The van der Waals surface area contributed by atoms with E-state index in [1.165, 1.54) is 24.0 Å². The Bertz CT molecular complexity index is 802. The minimum Gasteiger partial charge on any atom is -0.265 e. The molecule has 0 aliphatic rings. The van der Waals surface area contributed by atoms with Gasteiger partial charge in [0.25, 0.3) is 0 Å². The molecule has 0 aromatic carbocycles. The van der Waals surface area contributed by atoms with Crippen molar-refractivity contribution in [3.8, 4) is 0 Å². The number of H-pyrrole nitrogens is 1. The first-order chi connectivity index (χ1) is 9.38. The lowest BCUT2D eigenvalue weighted by atomic mass is 10.4. The van der Waals surface area contributed by atoms with E-state index in [2.05, 4.69) is 31.0 Å². The number of pyridine rings is 1. The smallest absolute Gasteiger partial charge is 0.265 e. The van der Waals surface area contributed by atoms with Crippen LogP contribution >= 0.6 is 27.7 Å². The van der Waals surface area contributed by atoms with E-state index in [4.69, 9.17) is 0 Å². The molecule has 0 radical (unpaired) electrons. The van der Waals surface area contributed by atoms with Crippen LogP contribution in [0.25, 0.3) is 0 Å². The van der Waals surface area contributed by atoms with Gasteiger partial charge in [0.1, 0.15) is 0 Å². The van der Waals surface area contributed by atoms with Crippen molar-refractivity contribution < 1.29 is 4.92 Å². The summed E-state index contributed by atoms with van der Waals surface area (Å²) >= 11 is 3.90. The minimum absolute atomic E-state index is 0.0627. The zero-order valence-electron chi connectivity index (χ0n) is 9.86. The molecule has 0 saturated heterocycles. The van der Waals surface area contributed by atoms with Gasteiger partial charge in [-0.3, -0.25) is 29.5 Å². The number of aromatic amines is 1. The second-order valence-electron chi connectivity index (χ2n) is 3.54. The highest BCUT2D eigenvalue weighted by molar-refractivity contribution is 9.10. The zero-order chi connectivity index (χ0) is 14.9. The van der Waals surface area contributed by atoms with Gasteiger partial charge in [-0.1, -0.05) is 0 Å². The maximum absolute atomic E-state index is 11.2. The Morgan fingerprint density at radius 3 is 2.85 bits per heavy atom. The number of nitrogens with zero attached hydrogens (tertiary/aromatic N) is 4. The lowest BCUT2D eigenvalue weighted by Crippen LogP contribution is -2.33. The van der Waals surface area contributed by atoms with Crippen molar-refractivity contribution in [1.29, 1.82) is 0 Å². The topological polar surface area (TPSA) is 124 Å². The minimum atomic E-state index is -0.967. The van der Waals surface area contributed by atoms with Gasteiger partial charge in [-0.15, -0.1) is 0 Å². The molecule has 0 aliphatic heterocycles. The highest BCUT2D eigenvalue weighted by Crippen LogP contribution is 2.32. The van der Waals surface area contributed by atoms with E-state index < -0.39 is 16.0 Å². The summed E-state index contributed by atoms with van der Waals surface area (Å²) in [5.41, 5.74) is -2.06. The summed E-state index contributed by atoms with van der Waals surface area (Å²) in [7, 11) is 1.46. The molecule has 0 aliphatic carbocycles. The molecule has 9 nitrogen and oxygen atoms in total. The Kier molecular flexibility index (Phi) is 3.99. The molecule has 0 saturated carbocycles. The molecule has 2 aromatic rings. The third kappa shape index (κ3) is 2.93. The SMILES string of the molecule is Cn1[nH]c(=O)c(=O)nc1Sc1ncc(Br)cc1[N+](=O)[O-]. The maximum Gasteiger partial charge on any atom is 0.339 e. The van der Waals surface area contributed by atoms with Gasteiger partial charge >= 0.3 is 16.8 Å². The van der Waals surface area contributed by atoms with Gasteiger partial charge in [-0.25, -0.2) is 4.98 Å². The molecule has 2 rings (SSSR count). The van der Waals surface area contributed by atoms with Gasteiger partial charge in [-0.05, 0) is 27.7 Å². The van der Waals surface area contributed by atoms with Gasteiger partial charge in [0.05, 0.1) is 4.92 Å². The van der Waals surface area contributed by atoms with Crippen molar-refractivity contribution in [2.24, 2.45) is 7.05 Å². The Balaban J connectivity index is 2.50. The van der Waals surface area contributed by atoms with Crippen molar-refractivity contribution in [2.75, 3.05) is 0 Å². The second-order valence-corrected chi connectivity index (χ2v) is 5.41. The van der Waals surface area contributed by atoms with Crippen LogP contribution in [-0.4, -0.2) is 24.7 Å². The summed E-state index contributed by atoms with van der Waals surface area (Å²) in [6.07, 6.45) is 1.39.